The zero-order valence-corrected chi connectivity index (χ0v) is 12.4. The zero-order chi connectivity index (χ0) is 14.2. The predicted molar refractivity (Wildman–Crippen MR) is 84.6 cm³/mol. The molecule has 0 saturated heterocycles. The second kappa shape index (κ2) is 7.81. The van der Waals surface area contributed by atoms with Crippen LogP contribution in [0.1, 0.15) is 43.9 Å². The minimum absolute atomic E-state index is 0.256. The van der Waals surface area contributed by atoms with E-state index in [1.807, 2.05) is 12.4 Å². The van der Waals surface area contributed by atoms with Crippen LogP contribution >= 0.6 is 0 Å². The molecule has 1 aromatic heterocycles. The molecule has 0 aliphatic heterocycles. The van der Waals surface area contributed by atoms with Crippen LogP contribution in [-0.2, 0) is 0 Å². The summed E-state index contributed by atoms with van der Waals surface area (Å²) >= 11 is 0. The lowest BCUT2D eigenvalue weighted by atomic mass is 9.99. The van der Waals surface area contributed by atoms with Gasteiger partial charge in [0.2, 0.25) is 0 Å². The Kier molecular flexibility index (Phi) is 5.75. The van der Waals surface area contributed by atoms with Gasteiger partial charge in [0.1, 0.15) is 0 Å². The van der Waals surface area contributed by atoms with Gasteiger partial charge in [-0.2, -0.15) is 0 Å². The van der Waals surface area contributed by atoms with Crippen molar-refractivity contribution in [3.63, 3.8) is 0 Å². The lowest BCUT2D eigenvalue weighted by molar-refractivity contribution is 0.508. The van der Waals surface area contributed by atoms with Crippen molar-refractivity contribution in [3.05, 3.63) is 66.0 Å². The molecule has 0 aliphatic carbocycles. The van der Waals surface area contributed by atoms with E-state index in [1.165, 1.54) is 24.0 Å². The number of hydrogen-bond acceptors (Lipinski definition) is 2. The molecule has 2 aromatic rings. The fourth-order valence-electron chi connectivity index (χ4n) is 2.39. The maximum absolute atomic E-state index is 4.11. The van der Waals surface area contributed by atoms with Crippen LogP contribution in [0, 0.1) is 5.92 Å². The first-order chi connectivity index (χ1) is 9.77. The fourth-order valence-corrected chi connectivity index (χ4v) is 2.39. The summed E-state index contributed by atoms with van der Waals surface area (Å²) in [5, 5.41) is 3.68. The summed E-state index contributed by atoms with van der Waals surface area (Å²) in [7, 11) is 0. The van der Waals surface area contributed by atoms with Crippen molar-refractivity contribution in [1.82, 2.24) is 10.3 Å². The molecule has 0 saturated carbocycles. The second-order valence-electron chi connectivity index (χ2n) is 5.61. The van der Waals surface area contributed by atoms with Gasteiger partial charge >= 0.3 is 0 Å². The van der Waals surface area contributed by atoms with E-state index in [9.17, 15) is 0 Å². The Labute approximate surface area is 122 Å². The standard InChI is InChI=1S/C18H24N2/c1-15(2)7-6-12-20-18(16-8-4-3-5-9-16)17-10-13-19-14-11-17/h3-5,8-11,13-15,18,20H,6-7,12H2,1-2H3. The summed E-state index contributed by atoms with van der Waals surface area (Å²) in [5.41, 5.74) is 2.58. The van der Waals surface area contributed by atoms with Gasteiger partial charge in [0, 0.05) is 12.4 Å². The van der Waals surface area contributed by atoms with Crippen LogP contribution in [0.15, 0.2) is 54.9 Å². The highest BCUT2D eigenvalue weighted by Crippen LogP contribution is 2.21. The lowest BCUT2D eigenvalue weighted by Crippen LogP contribution is -2.23. The molecule has 2 nitrogen and oxygen atoms in total. The van der Waals surface area contributed by atoms with Gasteiger partial charge in [-0.05, 0) is 48.6 Å². The van der Waals surface area contributed by atoms with E-state index in [1.54, 1.807) is 0 Å². The first-order valence-electron chi connectivity index (χ1n) is 7.45. The molecule has 1 heterocycles. The smallest absolute Gasteiger partial charge is 0.0577 e. The molecule has 0 radical (unpaired) electrons. The Bertz CT molecular complexity index is 440. The van der Waals surface area contributed by atoms with E-state index in [0.29, 0.717) is 0 Å². The molecule has 2 rings (SSSR count). The van der Waals surface area contributed by atoms with E-state index in [0.717, 1.165) is 12.5 Å². The second-order valence-corrected chi connectivity index (χ2v) is 5.61. The molecule has 0 fully saturated rings. The number of pyridine rings is 1. The summed E-state index contributed by atoms with van der Waals surface area (Å²) in [4.78, 5) is 4.11. The quantitative estimate of drug-likeness (QED) is 0.761. The summed E-state index contributed by atoms with van der Waals surface area (Å²) < 4.78 is 0. The molecule has 0 bridgehead atoms. The number of benzene rings is 1. The Morgan fingerprint density at radius 3 is 2.25 bits per heavy atom. The van der Waals surface area contributed by atoms with Crippen molar-refractivity contribution < 1.29 is 0 Å². The van der Waals surface area contributed by atoms with E-state index in [-0.39, 0.29) is 6.04 Å². The highest BCUT2D eigenvalue weighted by atomic mass is 14.9. The minimum Gasteiger partial charge on any atom is -0.306 e. The van der Waals surface area contributed by atoms with Crippen molar-refractivity contribution in [3.8, 4) is 0 Å². The van der Waals surface area contributed by atoms with Crippen LogP contribution in [0.2, 0.25) is 0 Å². The SMILES string of the molecule is CC(C)CCCNC(c1ccccc1)c1ccncc1. The van der Waals surface area contributed by atoms with Crippen LogP contribution in [0.3, 0.4) is 0 Å². The zero-order valence-electron chi connectivity index (χ0n) is 12.4. The van der Waals surface area contributed by atoms with Crippen molar-refractivity contribution in [1.29, 1.82) is 0 Å². The van der Waals surface area contributed by atoms with Crippen LogP contribution in [0.5, 0.6) is 0 Å². The monoisotopic (exact) mass is 268 g/mol. The van der Waals surface area contributed by atoms with Gasteiger partial charge in [-0.1, -0.05) is 44.2 Å². The molecule has 2 heteroatoms. The third-order valence-electron chi connectivity index (χ3n) is 3.48. The summed E-state index contributed by atoms with van der Waals surface area (Å²) in [6, 6.07) is 15.1. The third-order valence-corrected chi connectivity index (χ3v) is 3.48. The van der Waals surface area contributed by atoms with Crippen molar-refractivity contribution >= 4 is 0 Å². The molecule has 0 aliphatic rings. The maximum atomic E-state index is 4.11. The first kappa shape index (κ1) is 14.7. The van der Waals surface area contributed by atoms with Crippen molar-refractivity contribution in [2.75, 3.05) is 6.54 Å². The van der Waals surface area contributed by atoms with Gasteiger partial charge in [0.15, 0.2) is 0 Å². The van der Waals surface area contributed by atoms with Crippen molar-refractivity contribution in [2.45, 2.75) is 32.7 Å². The molecule has 1 unspecified atom stereocenters. The van der Waals surface area contributed by atoms with Gasteiger partial charge in [-0.25, -0.2) is 0 Å². The molecule has 0 spiro atoms. The molecular weight excluding hydrogens is 244 g/mol. The fraction of sp³-hybridized carbons (Fsp3) is 0.389. The highest BCUT2D eigenvalue weighted by Gasteiger charge is 2.12. The molecule has 106 valence electrons. The number of hydrogen-bond donors (Lipinski definition) is 1. The number of nitrogens with one attached hydrogen (secondary N) is 1. The molecule has 0 amide bonds. The molecule has 20 heavy (non-hydrogen) atoms. The normalized spacial score (nSPS) is 12.6. The number of rotatable bonds is 7. The van der Waals surface area contributed by atoms with Gasteiger partial charge in [-0.15, -0.1) is 0 Å². The average Bonchev–Trinajstić information content (AvgIpc) is 2.49. The van der Waals surface area contributed by atoms with Crippen LogP contribution in [-0.4, -0.2) is 11.5 Å². The minimum atomic E-state index is 0.256. The average molecular weight is 268 g/mol. The molecule has 1 atom stereocenters. The van der Waals surface area contributed by atoms with Crippen LogP contribution < -0.4 is 5.32 Å². The van der Waals surface area contributed by atoms with E-state index >= 15 is 0 Å². The van der Waals surface area contributed by atoms with Crippen LogP contribution in [0.4, 0.5) is 0 Å². The van der Waals surface area contributed by atoms with Crippen LogP contribution in [0.25, 0.3) is 0 Å². The largest absolute Gasteiger partial charge is 0.306 e. The maximum Gasteiger partial charge on any atom is 0.0577 e. The molecule has 1 N–H and O–H groups in total. The summed E-state index contributed by atoms with van der Waals surface area (Å²) in [6.45, 7) is 5.59. The Morgan fingerprint density at radius 1 is 0.950 bits per heavy atom. The Balaban J connectivity index is 2.06. The number of nitrogens with zero attached hydrogens (tertiary/aromatic N) is 1. The summed E-state index contributed by atoms with van der Waals surface area (Å²) in [6.07, 6.45) is 6.21. The topological polar surface area (TPSA) is 24.9 Å². The van der Waals surface area contributed by atoms with Crippen molar-refractivity contribution in [2.24, 2.45) is 5.92 Å². The highest BCUT2D eigenvalue weighted by molar-refractivity contribution is 5.30. The van der Waals surface area contributed by atoms with Gasteiger partial charge < -0.3 is 5.32 Å². The van der Waals surface area contributed by atoms with E-state index in [2.05, 4.69) is 66.6 Å². The van der Waals surface area contributed by atoms with Gasteiger partial charge in [-0.3, -0.25) is 4.98 Å². The Hall–Kier alpha value is -1.67. The first-order valence-corrected chi connectivity index (χ1v) is 7.45. The predicted octanol–water partition coefficient (Wildman–Crippen LogP) is 4.20. The summed E-state index contributed by atoms with van der Waals surface area (Å²) in [5.74, 6) is 0.771. The van der Waals surface area contributed by atoms with E-state index in [4.69, 9.17) is 0 Å². The van der Waals surface area contributed by atoms with Gasteiger partial charge in [0.05, 0.1) is 6.04 Å². The third kappa shape index (κ3) is 4.46. The Morgan fingerprint density at radius 2 is 1.60 bits per heavy atom. The van der Waals surface area contributed by atoms with Gasteiger partial charge in [0.25, 0.3) is 0 Å². The molecule has 1 aromatic carbocycles. The molecular formula is C18H24N2. The number of aromatic nitrogens is 1. The lowest BCUT2D eigenvalue weighted by Gasteiger charge is -2.20. The van der Waals surface area contributed by atoms with E-state index < -0.39 is 0 Å².